The fourth-order valence-electron chi connectivity index (χ4n) is 2.14. The van der Waals surface area contributed by atoms with Gasteiger partial charge < -0.3 is 14.5 Å². The molecule has 0 aliphatic rings. The number of hydrogen-bond donors (Lipinski definition) is 1. The number of fused-ring (bicyclic) bond motifs is 1. The molecule has 0 radical (unpaired) electrons. The summed E-state index contributed by atoms with van der Waals surface area (Å²) in [7, 11) is 0. The number of hydrogen-bond acceptors (Lipinski definition) is 5. The van der Waals surface area contributed by atoms with E-state index in [0.717, 1.165) is 11.1 Å². The predicted octanol–water partition coefficient (Wildman–Crippen LogP) is 4.48. The van der Waals surface area contributed by atoms with E-state index in [1.54, 1.807) is 24.5 Å². The van der Waals surface area contributed by atoms with Gasteiger partial charge in [0.2, 0.25) is 0 Å². The smallest absolute Gasteiger partial charge is 0.295 e. The van der Waals surface area contributed by atoms with Crippen molar-refractivity contribution in [1.29, 1.82) is 0 Å². The van der Waals surface area contributed by atoms with Gasteiger partial charge in [0.25, 0.3) is 6.01 Å². The van der Waals surface area contributed by atoms with Crippen LogP contribution < -0.4 is 10.1 Å². The first-order valence-electron chi connectivity index (χ1n) is 7.72. The van der Waals surface area contributed by atoms with Crippen molar-refractivity contribution in [2.24, 2.45) is 0 Å². The summed E-state index contributed by atoms with van der Waals surface area (Å²) in [6, 6.07) is 9.65. The van der Waals surface area contributed by atoms with Crippen LogP contribution in [0.15, 0.2) is 59.0 Å². The first-order chi connectivity index (χ1) is 11.8. The summed E-state index contributed by atoms with van der Waals surface area (Å²) in [5.41, 5.74) is 3.04. The van der Waals surface area contributed by atoms with Crippen LogP contribution in [0.25, 0.3) is 11.1 Å². The van der Waals surface area contributed by atoms with E-state index in [0.29, 0.717) is 42.2 Å². The first-order valence-corrected chi connectivity index (χ1v) is 7.72. The molecule has 3 rings (SSSR count). The van der Waals surface area contributed by atoms with Crippen molar-refractivity contribution in [2.45, 2.75) is 19.9 Å². The zero-order valence-corrected chi connectivity index (χ0v) is 13.3. The monoisotopic (exact) mass is 327 g/mol. The number of nitrogens with one attached hydrogen (secondary N) is 1. The van der Waals surface area contributed by atoms with Crippen molar-refractivity contribution < 1.29 is 13.5 Å². The molecule has 0 saturated heterocycles. The molecule has 2 aromatic heterocycles. The van der Waals surface area contributed by atoms with Crippen LogP contribution in [0.5, 0.6) is 5.75 Å². The fraction of sp³-hybridized carbons (Fsp3) is 0.222. The van der Waals surface area contributed by atoms with Gasteiger partial charge in [0.05, 0.1) is 6.33 Å². The SMILES string of the molecule is CC/C(=C\F)COc1ccc2nc(NCc3ccncc3)oc2c1. The maximum atomic E-state index is 12.6. The van der Waals surface area contributed by atoms with E-state index in [2.05, 4.69) is 15.3 Å². The second-order valence-corrected chi connectivity index (χ2v) is 5.27. The Bertz CT molecular complexity index is 831. The van der Waals surface area contributed by atoms with Gasteiger partial charge in [-0.25, -0.2) is 4.39 Å². The van der Waals surface area contributed by atoms with Crippen LogP contribution in [0.2, 0.25) is 0 Å². The highest BCUT2D eigenvalue weighted by Crippen LogP contribution is 2.24. The van der Waals surface area contributed by atoms with Crippen LogP contribution in [0, 0.1) is 0 Å². The van der Waals surface area contributed by atoms with Crippen molar-refractivity contribution in [2.75, 3.05) is 11.9 Å². The molecule has 1 aromatic carbocycles. The lowest BCUT2D eigenvalue weighted by molar-refractivity contribution is 0.345. The minimum absolute atomic E-state index is 0.222. The number of ether oxygens (including phenoxy) is 1. The van der Waals surface area contributed by atoms with Gasteiger partial charge in [0, 0.05) is 25.0 Å². The summed E-state index contributed by atoms with van der Waals surface area (Å²) in [6.45, 7) is 2.70. The predicted molar refractivity (Wildman–Crippen MR) is 90.5 cm³/mol. The molecule has 124 valence electrons. The van der Waals surface area contributed by atoms with Gasteiger partial charge in [-0.3, -0.25) is 4.98 Å². The maximum absolute atomic E-state index is 12.6. The molecule has 2 heterocycles. The number of pyridine rings is 1. The van der Waals surface area contributed by atoms with Gasteiger partial charge in [-0.1, -0.05) is 6.92 Å². The Balaban J connectivity index is 1.67. The van der Waals surface area contributed by atoms with Crippen LogP contribution in [0.1, 0.15) is 18.9 Å². The summed E-state index contributed by atoms with van der Waals surface area (Å²) < 4.78 is 23.8. The summed E-state index contributed by atoms with van der Waals surface area (Å²) in [5.74, 6) is 0.618. The summed E-state index contributed by atoms with van der Waals surface area (Å²) in [5, 5.41) is 3.13. The molecule has 0 amide bonds. The van der Waals surface area contributed by atoms with Crippen LogP contribution >= 0.6 is 0 Å². The maximum Gasteiger partial charge on any atom is 0.295 e. The van der Waals surface area contributed by atoms with Crippen molar-refractivity contribution >= 4 is 17.1 Å². The lowest BCUT2D eigenvalue weighted by Crippen LogP contribution is -1.99. The molecule has 3 aromatic rings. The van der Waals surface area contributed by atoms with Crippen molar-refractivity contribution in [3.63, 3.8) is 0 Å². The van der Waals surface area contributed by atoms with Crippen molar-refractivity contribution in [3.05, 3.63) is 60.2 Å². The van der Waals surface area contributed by atoms with Crippen LogP contribution in [-0.2, 0) is 6.54 Å². The van der Waals surface area contributed by atoms with Crippen LogP contribution in [0.4, 0.5) is 10.4 Å². The second kappa shape index (κ2) is 7.59. The van der Waals surface area contributed by atoms with Gasteiger partial charge in [0.1, 0.15) is 17.9 Å². The van der Waals surface area contributed by atoms with Crippen molar-refractivity contribution in [3.8, 4) is 5.75 Å². The van der Waals surface area contributed by atoms with Crippen LogP contribution in [-0.4, -0.2) is 16.6 Å². The lowest BCUT2D eigenvalue weighted by atomic mass is 10.2. The molecule has 0 aliphatic heterocycles. The summed E-state index contributed by atoms with van der Waals surface area (Å²) in [4.78, 5) is 8.35. The lowest BCUT2D eigenvalue weighted by Gasteiger charge is -2.06. The van der Waals surface area contributed by atoms with E-state index in [1.165, 1.54) is 0 Å². The molecule has 1 N–H and O–H groups in total. The van der Waals surface area contributed by atoms with Crippen LogP contribution in [0.3, 0.4) is 0 Å². The highest BCUT2D eigenvalue weighted by atomic mass is 19.1. The highest BCUT2D eigenvalue weighted by molar-refractivity contribution is 5.76. The molecule has 0 fully saturated rings. The number of oxazole rings is 1. The average Bonchev–Trinajstić information content (AvgIpc) is 3.04. The van der Waals surface area contributed by atoms with E-state index in [9.17, 15) is 4.39 Å². The Morgan fingerprint density at radius 3 is 2.88 bits per heavy atom. The molecule has 0 atom stereocenters. The van der Waals surface area contributed by atoms with E-state index >= 15 is 0 Å². The third-order valence-corrected chi connectivity index (χ3v) is 3.59. The fourth-order valence-corrected chi connectivity index (χ4v) is 2.14. The number of rotatable bonds is 7. The van der Waals surface area contributed by atoms with E-state index in [4.69, 9.17) is 9.15 Å². The second-order valence-electron chi connectivity index (χ2n) is 5.27. The highest BCUT2D eigenvalue weighted by Gasteiger charge is 2.07. The van der Waals surface area contributed by atoms with Gasteiger partial charge >= 0.3 is 0 Å². The van der Waals surface area contributed by atoms with E-state index in [1.807, 2.05) is 25.1 Å². The quantitative estimate of drug-likeness (QED) is 0.693. The summed E-state index contributed by atoms with van der Waals surface area (Å²) >= 11 is 0. The third-order valence-electron chi connectivity index (χ3n) is 3.59. The zero-order chi connectivity index (χ0) is 16.8. The molecule has 5 nitrogen and oxygen atoms in total. The Kier molecular flexibility index (Phi) is 5.05. The first kappa shape index (κ1) is 16.0. The Morgan fingerprint density at radius 2 is 2.12 bits per heavy atom. The van der Waals surface area contributed by atoms with Crippen molar-refractivity contribution in [1.82, 2.24) is 9.97 Å². The minimum Gasteiger partial charge on any atom is -0.489 e. The van der Waals surface area contributed by atoms with Gasteiger partial charge in [-0.05, 0) is 41.8 Å². The normalized spacial score (nSPS) is 11.7. The van der Waals surface area contributed by atoms with E-state index in [-0.39, 0.29) is 6.61 Å². The van der Waals surface area contributed by atoms with Gasteiger partial charge in [-0.15, -0.1) is 0 Å². The third kappa shape index (κ3) is 3.90. The molecule has 6 heteroatoms. The molecular formula is C18H18FN3O2. The molecular weight excluding hydrogens is 309 g/mol. The molecule has 0 spiro atoms. The summed E-state index contributed by atoms with van der Waals surface area (Å²) in [6.07, 6.45) is 4.68. The number of nitrogens with zero attached hydrogens (tertiary/aromatic N) is 2. The van der Waals surface area contributed by atoms with E-state index < -0.39 is 0 Å². The molecule has 0 unspecified atom stereocenters. The standard InChI is InChI=1S/C18H18FN3O2/c1-2-13(10-19)12-23-15-3-4-16-17(9-15)24-18(22-16)21-11-14-5-7-20-8-6-14/h3-10H,2,11-12H2,1H3,(H,21,22)/b13-10+. The number of anilines is 1. The molecule has 0 saturated carbocycles. The molecule has 24 heavy (non-hydrogen) atoms. The van der Waals surface area contributed by atoms with Gasteiger partial charge in [0.15, 0.2) is 5.58 Å². The number of halogens is 1. The largest absolute Gasteiger partial charge is 0.489 e. The Labute approximate surface area is 139 Å². The number of aromatic nitrogens is 2. The average molecular weight is 327 g/mol. The minimum atomic E-state index is 0.222. The zero-order valence-electron chi connectivity index (χ0n) is 13.3. The molecule has 0 aliphatic carbocycles. The topological polar surface area (TPSA) is 60.2 Å². The number of benzene rings is 1. The van der Waals surface area contributed by atoms with Gasteiger partial charge in [-0.2, -0.15) is 4.98 Å². The molecule has 0 bridgehead atoms. The Morgan fingerprint density at radius 1 is 1.29 bits per heavy atom. The Hall–Kier alpha value is -2.89.